The second kappa shape index (κ2) is 7.21. The highest BCUT2D eigenvalue weighted by Gasteiger charge is 2.22. The van der Waals surface area contributed by atoms with Crippen molar-refractivity contribution in [1.29, 1.82) is 0 Å². The molecular formula is C19H22N4O2. The quantitative estimate of drug-likeness (QED) is 0.716. The summed E-state index contributed by atoms with van der Waals surface area (Å²) >= 11 is 0. The minimum atomic E-state index is 0.150. The van der Waals surface area contributed by atoms with Crippen molar-refractivity contribution < 1.29 is 9.15 Å². The fourth-order valence-corrected chi connectivity index (χ4v) is 3.09. The van der Waals surface area contributed by atoms with Crippen LogP contribution < -0.4 is 0 Å². The Balaban J connectivity index is 1.37. The third-order valence-electron chi connectivity index (χ3n) is 4.41. The highest BCUT2D eigenvalue weighted by molar-refractivity contribution is 5.53. The number of nitrogens with zero attached hydrogens (tertiary/aromatic N) is 4. The third kappa shape index (κ3) is 3.97. The molecule has 0 saturated carbocycles. The number of rotatable bonds is 5. The van der Waals surface area contributed by atoms with E-state index < -0.39 is 0 Å². The first-order valence-corrected chi connectivity index (χ1v) is 8.59. The lowest BCUT2D eigenvalue weighted by atomic mass is 10.1. The van der Waals surface area contributed by atoms with Gasteiger partial charge in [0.25, 0.3) is 0 Å². The normalized spacial score (nSPS) is 18.5. The average molecular weight is 338 g/mol. The maximum Gasteiger partial charge on any atom is 0.226 e. The first kappa shape index (κ1) is 16.1. The maximum atomic E-state index is 5.86. The Morgan fingerprint density at radius 2 is 2.12 bits per heavy atom. The van der Waals surface area contributed by atoms with Gasteiger partial charge >= 0.3 is 0 Å². The van der Waals surface area contributed by atoms with Crippen LogP contribution >= 0.6 is 0 Å². The SMILES string of the molecule is Cc1ccc(-c2nc(CN3CCOC(Cn4cccn4)C3)co2)cc1. The molecule has 0 spiro atoms. The van der Waals surface area contributed by atoms with Gasteiger partial charge in [-0.2, -0.15) is 5.10 Å². The van der Waals surface area contributed by atoms with Crippen LogP contribution in [0.4, 0.5) is 0 Å². The molecule has 0 aliphatic carbocycles. The molecule has 0 bridgehead atoms. The minimum Gasteiger partial charge on any atom is -0.444 e. The van der Waals surface area contributed by atoms with E-state index in [0.717, 1.165) is 44.0 Å². The highest BCUT2D eigenvalue weighted by Crippen LogP contribution is 2.20. The van der Waals surface area contributed by atoms with Gasteiger partial charge in [-0.05, 0) is 25.1 Å². The Morgan fingerprint density at radius 3 is 2.92 bits per heavy atom. The lowest BCUT2D eigenvalue weighted by molar-refractivity contribution is -0.0405. The molecule has 25 heavy (non-hydrogen) atoms. The standard InChI is InChI=1S/C19H22N4O2/c1-15-3-5-16(6-4-15)19-21-17(14-25-19)11-22-9-10-24-18(12-22)13-23-8-2-7-20-23/h2-8,14,18H,9-13H2,1H3. The van der Waals surface area contributed by atoms with Crippen LogP contribution in [0.1, 0.15) is 11.3 Å². The van der Waals surface area contributed by atoms with Crippen molar-refractivity contribution in [2.75, 3.05) is 19.7 Å². The van der Waals surface area contributed by atoms with Crippen molar-refractivity contribution in [1.82, 2.24) is 19.7 Å². The Morgan fingerprint density at radius 1 is 1.24 bits per heavy atom. The summed E-state index contributed by atoms with van der Waals surface area (Å²) in [7, 11) is 0. The molecule has 1 aliphatic rings. The van der Waals surface area contributed by atoms with Crippen LogP contribution in [0.5, 0.6) is 0 Å². The molecule has 4 rings (SSSR count). The van der Waals surface area contributed by atoms with Gasteiger partial charge in [-0.1, -0.05) is 17.7 Å². The lowest BCUT2D eigenvalue weighted by Crippen LogP contribution is -2.43. The second-order valence-electron chi connectivity index (χ2n) is 6.47. The van der Waals surface area contributed by atoms with Gasteiger partial charge in [-0.15, -0.1) is 0 Å². The second-order valence-corrected chi connectivity index (χ2v) is 6.47. The average Bonchev–Trinajstić information content (AvgIpc) is 3.28. The van der Waals surface area contributed by atoms with Crippen LogP contribution in [0.15, 0.2) is 53.4 Å². The molecule has 0 N–H and O–H groups in total. The molecule has 6 heteroatoms. The van der Waals surface area contributed by atoms with Gasteiger partial charge in [-0.25, -0.2) is 4.98 Å². The van der Waals surface area contributed by atoms with Gasteiger partial charge in [-0.3, -0.25) is 9.58 Å². The van der Waals surface area contributed by atoms with Gasteiger partial charge in [0.05, 0.1) is 24.9 Å². The summed E-state index contributed by atoms with van der Waals surface area (Å²) in [5.74, 6) is 0.677. The molecule has 1 aromatic carbocycles. The summed E-state index contributed by atoms with van der Waals surface area (Å²) < 4.78 is 13.4. The summed E-state index contributed by atoms with van der Waals surface area (Å²) in [6.45, 7) is 6.12. The van der Waals surface area contributed by atoms with E-state index in [9.17, 15) is 0 Å². The monoisotopic (exact) mass is 338 g/mol. The summed E-state index contributed by atoms with van der Waals surface area (Å²) in [5.41, 5.74) is 3.19. The van der Waals surface area contributed by atoms with Crippen LogP contribution in [-0.2, 0) is 17.8 Å². The number of aryl methyl sites for hydroxylation is 1. The van der Waals surface area contributed by atoms with Crippen molar-refractivity contribution in [2.24, 2.45) is 0 Å². The molecular weight excluding hydrogens is 316 g/mol. The number of morpholine rings is 1. The first-order chi connectivity index (χ1) is 12.3. The molecule has 1 saturated heterocycles. The Bertz CT molecular complexity index is 795. The Labute approximate surface area is 147 Å². The lowest BCUT2D eigenvalue weighted by Gasteiger charge is -2.32. The zero-order chi connectivity index (χ0) is 17.1. The van der Waals surface area contributed by atoms with E-state index >= 15 is 0 Å². The predicted molar refractivity (Wildman–Crippen MR) is 93.9 cm³/mol. The highest BCUT2D eigenvalue weighted by atomic mass is 16.5. The molecule has 0 radical (unpaired) electrons. The van der Waals surface area contributed by atoms with Crippen molar-refractivity contribution >= 4 is 0 Å². The van der Waals surface area contributed by atoms with Crippen LogP contribution in [0.2, 0.25) is 0 Å². The van der Waals surface area contributed by atoms with Crippen LogP contribution in [0.25, 0.3) is 11.5 Å². The maximum absolute atomic E-state index is 5.86. The number of oxazole rings is 1. The number of hydrogen-bond acceptors (Lipinski definition) is 5. The summed E-state index contributed by atoms with van der Waals surface area (Å²) in [4.78, 5) is 6.99. The molecule has 3 aromatic rings. The molecule has 1 unspecified atom stereocenters. The molecule has 1 fully saturated rings. The van der Waals surface area contributed by atoms with E-state index in [4.69, 9.17) is 9.15 Å². The minimum absolute atomic E-state index is 0.150. The van der Waals surface area contributed by atoms with Crippen molar-refractivity contribution in [3.63, 3.8) is 0 Å². The van der Waals surface area contributed by atoms with E-state index in [1.54, 1.807) is 12.5 Å². The summed E-state index contributed by atoms with van der Waals surface area (Å²) in [6.07, 6.45) is 5.67. The van der Waals surface area contributed by atoms with Crippen LogP contribution in [0.3, 0.4) is 0 Å². The Hall–Kier alpha value is -2.44. The molecule has 0 amide bonds. The fourth-order valence-electron chi connectivity index (χ4n) is 3.09. The fraction of sp³-hybridized carbons (Fsp3) is 0.368. The van der Waals surface area contributed by atoms with Gasteiger partial charge < -0.3 is 9.15 Å². The molecule has 1 atom stereocenters. The van der Waals surface area contributed by atoms with E-state index in [1.165, 1.54) is 5.56 Å². The molecule has 1 aliphatic heterocycles. The van der Waals surface area contributed by atoms with Crippen molar-refractivity contribution in [3.05, 3.63) is 60.2 Å². The van der Waals surface area contributed by atoms with E-state index in [-0.39, 0.29) is 6.10 Å². The molecule has 3 heterocycles. The number of benzene rings is 1. The van der Waals surface area contributed by atoms with Gasteiger partial charge in [0.15, 0.2) is 0 Å². The first-order valence-electron chi connectivity index (χ1n) is 8.59. The number of hydrogen-bond donors (Lipinski definition) is 0. The largest absolute Gasteiger partial charge is 0.444 e. The summed E-state index contributed by atoms with van der Waals surface area (Å²) in [6, 6.07) is 10.2. The molecule has 2 aromatic heterocycles. The zero-order valence-electron chi connectivity index (χ0n) is 14.3. The smallest absolute Gasteiger partial charge is 0.226 e. The molecule has 6 nitrogen and oxygen atoms in total. The summed E-state index contributed by atoms with van der Waals surface area (Å²) in [5, 5.41) is 4.25. The van der Waals surface area contributed by atoms with Crippen molar-refractivity contribution in [2.45, 2.75) is 26.1 Å². The molecule has 130 valence electrons. The van der Waals surface area contributed by atoms with Gasteiger partial charge in [0.2, 0.25) is 5.89 Å². The number of ether oxygens (including phenoxy) is 1. The topological polar surface area (TPSA) is 56.3 Å². The number of aromatic nitrogens is 3. The van der Waals surface area contributed by atoms with E-state index in [0.29, 0.717) is 5.89 Å². The van der Waals surface area contributed by atoms with E-state index in [1.807, 2.05) is 29.1 Å². The van der Waals surface area contributed by atoms with Crippen LogP contribution in [-0.4, -0.2) is 45.5 Å². The predicted octanol–water partition coefficient (Wildman–Crippen LogP) is 2.75. The Kier molecular flexibility index (Phi) is 4.63. The van der Waals surface area contributed by atoms with E-state index in [2.05, 4.69) is 34.0 Å². The third-order valence-corrected chi connectivity index (χ3v) is 4.41. The van der Waals surface area contributed by atoms with Crippen LogP contribution in [0, 0.1) is 6.92 Å². The van der Waals surface area contributed by atoms with Crippen molar-refractivity contribution in [3.8, 4) is 11.5 Å². The van der Waals surface area contributed by atoms with Gasteiger partial charge in [0.1, 0.15) is 6.26 Å². The van der Waals surface area contributed by atoms with Gasteiger partial charge in [0, 0.05) is 37.6 Å². The zero-order valence-corrected chi connectivity index (χ0v) is 14.3.